The van der Waals surface area contributed by atoms with E-state index in [0.717, 1.165) is 31.4 Å². The first-order chi connectivity index (χ1) is 10.6. The molecule has 0 bridgehead atoms. The van der Waals surface area contributed by atoms with Gasteiger partial charge in [0, 0.05) is 5.92 Å². The van der Waals surface area contributed by atoms with Crippen molar-refractivity contribution in [2.24, 2.45) is 5.92 Å². The predicted molar refractivity (Wildman–Crippen MR) is 82.4 cm³/mol. The quantitative estimate of drug-likeness (QED) is 0.938. The minimum Gasteiger partial charge on any atom is -0.348 e. The molecular weight excluding hydrogens is 278 g/mol. The monoisotopic (exact) mass is 299 g/mol. The first-order valence-corrected chi connectivity index (χ1v) is 7.78. The molecule has 1 saturated carbocycles. The Morgan fingerprint density at radius 2 is 2.05 bits per heavy atom. The summed E-state index contributed by atoms with van der Waals surface area (Å²) < 4.78 is 1.68. The van der Waals surface area contributed by atoms with E-state index in [1.807, 2.05) is 18.2 Å². The van der Waals surface area contributed by atoms with Gasteiger partial charge in [-0.05, 0) is 60.4 Å². The summed E-state index contributed by atoms with van der Waals surface area (Å²) in [7, 11) is 0. The first-order valence-electron chi connectivity index (χ1n) is 7.78. The van der Waals surface area contributed by atoms with Gasteiger partial charge in [0.15, 0.2) is 5.82 Å². The van der Waals surface area contributed by atoms with Crippen LogP contribution in [0, 0.1) is 19.8 Å². The molecule has 6 heteroatoms. The second-order valence-corrected chi connectivity index (χ2v) is 5.97. The molecule has 1 aliphatic rings. The zero-order valence-corrected chi connectivity index (χ0v) is 13.0. The van der Waals surface area contributed by atoms with Crippen LogP contribution in [0.5, 0.6) is 0 Å². The van der Waals surface area contributed by atoms with Crippen LogP contribution in [0.1, 0.15) is 42.6 Å². The molecule has 1 amide bonds. The van der Waals surface area contributed by atoms with Crippen LogP contribution in [-0.4, -0.2) is 26.1 Å². The van der Waals surface area contributed by atoms with Crippen molar-refractivity contribution in [1.82, 2.24) is 25.5 Å². The molecule has 1 N–H and O–H groups in total. The molecule has 1 aromatic carbocycles. The molecule has 22 heavy (non-hydrogen) atoms. The van der Waals surface area contributed by atoms with Crippen LogP contribution in [0.15, 0.2) is 18.2 Å². The third kappa shape index (κ3) is 3.00. The minimum atomic E-state index is 0.118. The van der Waals surface area contributed by atoms with Gasteiger partial charge in [0.25, 0.3) is 0 Å². The van der Waals surface area contributed by atoms with E-state index in [9.17, 15) is 4.79 Å². The standard InChI is InChI=1S/C16H21N5O/c1-11-7-8-14(9-12(11)2)21-15(18-19-20-21)10-17-16(22)13-5-3-4-6-13/h7-9,13H,3-6,10H2,1-2H3,(H,17,22). The molecule has 0 atom stereocenters. The number of rotatable bonds is 4. The maximum Gasteiger partial charge on any atom is 0.223 e. The molecule has 3 rings (SSSR count). The van der Waals surface area contributed by atoms with Crippen molar-refractivity contribution in [3.05, 3.63) is 35.2 Å². The van der Waals surface area contributed by atoms with E-state index < -0.39 is 0 Å². The first kappa shape index (κ1) is 14.7. The van der Waals surface area contributed by atoms with Crippen LogP contribution in [-0.2, 0) is 11.3 Å². The summed E-state index contributed by atoms with van der Waals surface area (Å²) in [6, 6.07) is 6.09. The number of carbonyl (C=O) groups excluding carboxylic acids is 1. The third-order valence-corrected chi connectivity index (χ3v) is 4.42. The molecule has 1 heterocycles. The lowest BCUT2D eigenvalue weighted by atomic mass is 10.1. The number of nitrogens with zero attached hydrogens (tertiary/aromatic N) is 4. The third-order valence-electron chi connectivity index (χ3n) is 4.42. The van der Waals surface area contributed by atoms with Gasteiger partial charge in [0.05, 0.1) is 12.2 Å². The van der Waals surface area contributed by atoms with Gasteiger partial charge >= 0.3 is 0 Å². The number of tetrazole rings is 1. The summed E-state index contributed by atoms with van der Waals surface area (Å²) >= 11 is 0. The molecule has 2 aromatic rings. The number of nitrogens with one attached hydrogen (secondary N) is 1. The molecule has 1 aromatic heterocycles. The van der Waals surface area contributed by atoms with Crippen molar-refractivity contribution in [2.45, 2.75) is 46.1 Å². The van der Waals surface area contributed by atoms with E-state index in [-0.39, 0.29) is 11.8 Å². The minimum absolute atomic E-state index is 0.118. The summed E-state index contributed by atoms with van der Waals surface area (Å²) in [5.74, 6) is 0.924. The number of aromatic nitrogens is 4. The number of amides is 1. The molecule has 0 spiro atoms. The van der Waals surface area contributed by atoms with Crippen molar-refractivity contribution in [1.29, 1.82) is 0 Å². The van der Waals surface area contributed by atoms with Crippen molar-refractivity contribution >= 4 is 5.91 Å². The van der Waals surface area contributed by atoms with Gasteiger partial charge < -0.3 is 5.32 Å². The van der Waals surface area contributed by atoms with E-state index in [4.69, 9.17) is 0 Å². The van der Waals surface area contributed by atoms with E-state index >= 15 is 0 Å². The van der Waals surface area contributed by atoms with Crippen LogP contribution in [0.3, 0.4) is 0 Å². The number of hydrogen-bond donors (Lipinski definition) is 1. The van der Waals surface area contributed by atoms with Gasteiger partial charge in [-0.3, -0.25) is 4.79 Å². The lowest BCUT2D eigenvalue weighted by molar-refractivity contribution is -0.125. The highest BCUT2D eigenvalue weighted by Gasteiger charge is 2.22. The number of carbonyl (C=O) groups is 1. The van der Waals surface area contributed by atoms with E-state index in [1.54, 1.807) is 4.68 Å². The Morgan fingerprint density at radius 1 is 1.27 bits per heavy atom. The number of hydrogen-bond acceptors (Lipinski definition) is 4. The summed E-state index contributed by atoms with van der Waals surface area (Å²) in [5, 5.41) is 14.8. The maximum atomic E-state index is 12.1. The highest BCUT2D eigenvalue weighted by atomic mass is 16.1. The topological polar surface area (TPSA) is 72.7 Å². The Kier molecular flexibility index (Phi) is 4.18. The molecule has 116 valence electrons. The second-order valence-electron chi connectivity index (χ2n) is 5.97. The summed E-state index contributed by atoms with van der Waals surface area (Å²) in [6.45, 7) is 4.49. The fraction of sp³-hybridized carbons (Fsp3) is 0.500. The average molecular weight is 299 g/mol. The molecule has 1 aliphatic carbocycles. The second kappa shape index (κ2) is 6.25. The zero-order valence-electron chi connectivity index (χ0n) is 13.0. The van der Waals surface area contributed by atoms with E-state index in [2.05, 4.69) is 34.7 Å². The zero-order chi connectivity index (χ0) is 15.5. The van der Waals surface area contributed by atoms with E-state index in [0.29, 0.717) is 12.4 Å². The SMILES string of the molecule is Cc1ccc(-n2nnnc2CNC(=O)C2CCCC2)cc1C. The molecule has 0 saturated heterocycles. The maximum absolute atomic E-state index is 12.1. The number of aryl methyl sites for hydroxylation is 2. The van der Waals surface area contributed by atoms with Crippen molar-refractivity contribution in [3.8, 4) is 5.69 Å². The van der Waals surface area contributed by atoms with Gasteiger partial charge in [-0.25, -0.2) is 0 Å². The predicted octanol–water partition coefficient (Wildman–Crippen LogP) is 2.09. The molecule has 1 fully saturated rings. The smallest absolute Gasteiger partial charge is 0.223 e. The largest absolute Gasteiger partial charge is 0.348 e. The molecular formula is C16H21N5O. The van der Waals surface area contributed by atoms with Gasteiger partial charge in [-0.2, -0.15) is 4.68 Å². The van der Waals surface area contributed by atoms with Crippen molar-refractivity contribution < 1.29 is 4.79 Å². The Bertz CT molecular complexity index is 673. The summed E-state index contributed by atoms with van der Waals surface area (Å²) in [5.41, 5.74) is 3.33. The summed E-state index contributed by atoms with van der Waals surface area (Å²) in [4.78, 5) is 12.1. The normalized spacial score (nSPS) is 15.2. The Morgan fingerprint density at radius 3 is 2.77 bits per heavy atom. The Balaban J connectivity index is 1.71. The highest BCUT2D eigenvalue weighted by Crippen LogP contribution is 2.24. The van der Waals surface area contributed by atoms with E-state index in [1.165, 1.54) is 11.1 Å². The van der Waals surface area contributed by atoms with Crippen molar-refractivity contribution in [2.75, 3.05) is 0 Å². The van der Waals surface area contributed by atoms with Gasteiger partial charge in [0.2, 0.25) is 5.91 Å². The Hall–Kier alpha value is -2.24. The van der Waals surface area contributed by atoms with Crippen LogP contribution >= 0.6 is 0 Å². The fourth-order valence-electron chi connectivity index (χ4n) is 2.87. The molecule has 0 unspecified atom stereocenters. The van der Waals surface area contributed by atoms with Crippen LogP contribution in [0.25, 0.3) is 5.69 Å². The fourth-order valence-corrected chi connectivity index (χ4v) is 2.87. The van der Waals surface area contributed by atoms with Gasteiger partial charge in [-0.15, -0.1) is 5.10 Å². The molecule has 6 nitrogen and oxygen atoms in total. The Labute approximate surface area is 129 Å². The number of benzene rings is 1. The highest BCUT2D eigenvalue weighted by molar-refractivity contribution is 5.78. The lowest BCUT2D eigenvalue weighted by Gasteiger charge is -2.11. The van der Waals surface area contributed by atoms with Crippen LogP contribution in [0.4, 0.5) is 0 Å². The van der Waals surface area contributed by atoms with Crippen LogP contribution < -0.4 is 5.32 Å². The van der Waals surface area contributed by atoms with Crippen LogP contribution in [0.2, 0.25) is 0 Å². The summed E-state index contributed by atoms with van der Waals surface area (Å²) in [6.07, 6.45) is 4.29. The molecule has 0 radical (unpaired) electrons. The lowest BCUT2D eigenvalue weighted by Crippen LogP contribution is -2.29. The average Bonchev–Trinajstić information content (AvgIpc) is 3.18. The van der Waals surface area contributed by atoms with Gasteiger partial charge in [-0.1, -0.05) is 18.9 Å². The van der Waals surface area contributed by atoms with Gasteiger partial charge in [0.1, 0.15) is 0 Å². The van der Waals surface area contributed by atoms with Crippen molar-refractivity contribution in [3.63, 3.8) is 0 Å². The molecule has 0 aliphatic heterocycles.